The maximum absolute atomic E-state index is 13.4. The number of allylic oxidation sites excluding steroid dienone is 1. The SMILES string of the molecule is CC1=CC(=O)N(C(C(=O)NC(C)(C)C)c2ccccc2)Cc2c1n(C)c1ccccc21. The summed E-state index contributed by atoms with van der Waals surface area (Å²) in [5.74, 6) is -0.336. The Hall–Kier alpha value is -3.34. The highest BCUT2D eigenvalue weighted by molar-refractivity contribution is 6.02. The Balaban J connectivity index is 1.87. The fraction of sp³-hybridized carbons (Fsp3) is 0.308. The van der Waals surface area contributed by atoms with E-state index in [9.17, 15) is 9.59 Å². The molecule has 1 atom stereocenters. The van der Waals surface area contributed by atoms with Crippen LogP contribution in [0.5, 0.6) is 0 Å². The number of para-hydroxylation sites is 1. The van der Waals surface area contributed by atoms with E-state index >= 15 is 0 Å². The van der Waals surface area contributed by atoms with Crippen LogP contribution in [-0.2, 0) is 23.2 Å². The molecule has 0 saturated heterocycles. The normalized spacial score (nSPS) is 15.3. The molecule has 0 radical (unpaired) electrons. The lowest BCUT2D eigenvalue weighted by atomic mass is 10.0. The lowest BCUT2D eigenvalue weighted by Crippen LogP contribution is -2.48. The monoisotopic (exact) mass is 415 g/mol. The predicted octanol–water partition coefficient (Wildman–Crippen LogP) is 4.58. The largest absolute Gasteiger partial charge is 0.349 e. The molecule has 1 aliphatic heterocycles. The maximum Gasteiger partial charge on any atom is 0.248 e. The van der Waals surface area contributed by atoms with Crippen molar-refractivity contribution in [2.45, 2.75) is 45.8 Å². The molecule has 160 valence electrons. The number of nitrogens with zero attached hydrogens (tertiary/aromatic N) is 2. The van der Waals surface area contributed by atoms with Crippen LogP contribution in [0.2, 0.25) is 0 Å². The molecule has 4 rings (SSSR count). The van der Waals surface area contributed by atoms with Gasteiger partial charge >= 0.3 is 0 Å². The summed E-state index contributed by atoms with van der Waals surface area (Å²) in [6.45, 7) is 8.17. The summed E-state index contributed by atoms with van der Waals surface area (Å²) in [5, 5.41) is 4.18. The van der Waals surface area contributed by atoms with E-state index in [4.69, 9.17) is 0 Å². The van der Waals surface area contributed by atoms with Crippen molar-refractivity contribution in [1.82, 2.24) is 14.8 Å². The predicted molar refractivity (Wildman–Crippen MR) is 124 cm³/mol. The number of nitrogens with one attached hydrogen (secondary N) is 1. The number of aromatic nitrogens is 1. The summed E-state index contributed by atoms with van der Waals surface area (Å²) < 4.78 is 2.14. The molecule has 5 heteroatoms. The summed E-state index contributed by atoms with van der Waals surface area (Å²) in [6, 6.07) is 17.0. The molecular weight excluding hydrogens is 386 g/mol. The fourth-order valence-corrected chi connectivity index (χ4v) is 4.48. The zero-order chi connectivity index (χ0) is 22.3. The van der Waals surface area contributed by atoms with Crippen LogP contribution in [0.4, 0.5) is 0 Å². The molecule has 31 heavy (non-hydrogen) atoms. The van der Waals surface area contributed by atoms with Crippen molar-refractivity contribution in [3.8, 4) is 0 Å². The van der Waals surface area contributed by atoms with Gasteiger partial charge in [0.05, 0.1) is 0 Å². The first-order valence-corrected chi connectivity index (χ1v) is 10.6. The van der Waals surface area contributed by atoms with Crippen molar-refractivity contribution in [3.05, 3.63) is 77.5 Å². The highest BCUT2D eigenvalue weighted by Gasteiger charge is 2.35. The van der Waals surface area contributed by atoms with Crippen molar-refractivity contribution < 1.29 is 9.59 Å². The molecule has 1 aliphatic rings. The van der Waals surface area contributed by atoms with Gasteiger partial charge in [0.2, 0.25) is 11.8 Å². The second-order valence-electron chi connectivity index (χ2n) is 9.25. The van der Waals surface area contributed by atoms with Crippen molar-refractivity contribution in [2.24, 2.45) is 7.05 Å². The van der Waals surface area contributed by atoms with Gasteiger partial charge in [-0.15, -0.1) is 0 Å². The van der Waals surface area contributed by atoms with Crippen molar-refractivity contribution in [1.29, 1.82) is 0 Å². The van der Waals surface area contributed by atoms with Gasteiger partial charge in [-0.3, -0.25) is 9.59 Å². The Labute approximate surface area is 183 Å². The summed E-state index contributed by atoms with van der Waals surface area (Å²) in [7, 11) is 2.03. The standard InChI is InChI=1S/C26H29N3O2/c1-17-15-22(30)29(16-20-19-13-9-10-14-21(19)28(5)23(17)20)24(18-11-7-6-8-12-18)25(31)27-26(2,3)4/h6-15,24H,16H2,1-5H3,(H,27,31). The topological polar surface area (TPSA) is 54.3 Å². The molecule has 1 N–H and O–H groups in total. The quantitative estimate of drug-likeness (QED) is 0.681. The van der Waals surface area contributed by atoms with Gasteiger partial charge < -0.3 is 14.8 Å². The Morgan fingerprint density at radius 1 is 1.03 bits per heavy atom. The van der Waals surface area contributed by atoms with Crippen LogP contribution >= 0.6 is 0 Å². The Morgan fingerprint density at radius 2 is 1.68 bits per heavy atom. The zero-order valence-corrected chi connectivity index (χ0v) is 18.8. The molecule has 0 bridgehead atoms. The van der Waals surface area contributed by atoms with E-state index in [1.807, 2.05) is 77.2 Å². The minimum Gasteiger partial charge on any atom is -0.349 e. The lowest BCUT2D eigenvalue weighted by molar-refractivity contribution is -0.138. The van der Waals surface area contributed by atoms with Crippen LogP contribution in [0.1, 0.15) is 50.6 Å². The number of aryl methyl sites for hydroxylation is 1. The molecule has 0 saturated carbocycles. The van der Waals surface area contributed by atoms with E-state index in [1.165, 1.54) is 0 Å². The summed E-state index contributed by atoms with van der Waals surface area (Å²) >= 11 is 0. The van der Waals surface area contributed by atoms with Crippen molar-refractivity contribution in [2.75, 3.05) is 0 Å². The lowest BCUT2D eigenvalue weighted by Gasteiger charge is -2.32. The average molecular weight is 416 g/mol. The second-order valence-corrected chi connectivity index (χ2v) is 9.25. The van der Waals surface area contributed by atoms with E-state index in [0.717, 1.165) is 33.3 Å². The first kappa shape index (κ1) is 20.9. The van der Waals surface area contributed by atoms with Crippen LogP contribution in [0.25, 0.3) is 16.5 Å². The molecule has 1 aromatic heterocycles. The smallest absolute Gasteiger partial charge is 0.248 e. The first-order valence-electron chi connectivity index (χ1n) is 10.6. The maximum atomic E-state index is 13.4. The van der Waals surface area contributed by atoms with Gasteiger partial charge in [0.15, 0.2) is 0 Å². The van der Waals surface area contributed by atoms with Gasteiger partial charge in [0.1, 0.15) is 6.04 Å². The third-order valence-corrected chi connectivity index (χ3v) is 5.71. The number of carbonyl (C=O) groups is 2. The van der Waals surface area contributed by atoms with Gasteiger partial charge in [-0.2, -0.15) is 0 Å². The summed E-state index contributed by atoms with van der Waals surface area (Å²) in [6.07, 6.45) is 1.66. The van der Waals surface area contributed by atoms with E-state index in [2.05, 4.69) is 22.0 Å². The van der Waals surface area contributed by atoms with E-state index in [0.29, 0.717) is 6.54 Å². The van der Waals surface area contributed by atoms with Crippen molar-refractivity contribution >= 4 is 28.3 Å². The molecule has 2 aromatic carbocycles. The molecular formula is C26H29N3O2. The number of carbonyl (C=O) groups excluding carboxylic acids is 2. The van der Waals surface area contributed by atoms with Gasteiger partial charge in [-0.25, -0.2) is 0 Å². The molecule has 5 nitrogen and oxygen atoms in total. The van der Waals surface area contributed by atoms with Gasteiger partial charge in [-0.1, -0.05) is 48.5 Å². The Morgan fingerprint density at radius 3 is 2.35 bits per heavy atom. The molecule has 2 amide bonds. The summed E-state index contributed by atoms with van der Waals surface area (Å²) in [5.41, 5.74) is 4.53. The molecule has 0 aliphatic carbocycles. The van der Waals surface area contributed by atoms with Crippen LogP contribution < -0.4 is 5.32 Å². The van der Waals surface area contributed by atoms with E-state index in [-0.39, 0.29) is 11.8 Å². The zero-order valence-electron chi connectivity index (χ0n) is 18.8. The summed E-state index contributed by atoms with van der Waals surface area (Å²) in [4.78, 5) is 28.5. The number of hydrogen-bond donors (Lipinski definition) is 1. The molecule has 2 heterocycles. The van der Waals surface area contributed by atoms with Gasteiger partial charge in [0.25, 0.3) is 0 Å². The van der Waals surface area contributed by atoms with Crippen molar-refractivity contribution in [3.63, 3.8) is 0 Å². The van der Waals surface area contributed by atoms with Crippen LogP contribution in [-0.4, -0.2) is 26.8 Å². The molecule has 0 spiro atoms. The Bertz CT molecular complexity index is 1180. The third kappa shape index (κ3) is 3.88. The van der Waals surface area contributed by atoms with Gasteiger partial charge in [0, 0.05) is 47.4 Å². The highest BCUT2D eigenvalue weighted by atomic mass is 16.2. The molecule has 3 aromatic rings. The van der Waals surface area contributed by atoms with Crippen LogP contribution in [0, 0.1) is 0 Å². The second kappa shape index (κ2) is 7.73. The Kier molecular flexibility index (Phi) is 5.21. The number of fused-ring (bicyclic) bond motifs is 3. The average Bonchev–Trinajstić information content (AvgIpc) is 2.91. The van der Waals surface area contributed by atoms with E-state index < -0.39 is 11.6 Å². The number of hydrogen-bond acceptors (Lipinski definition) is 2. The molecule has 1 unspecified atom stereocenters. The number of amides is 2. The van der Waals surface area contributed by atoms with Crippen LogP contribution in [0.15, 0.2) is 60.7 Å². The fourth-order valence-electron chi connectivity index (χ4n) is 4.48. The van der Waals surface area contributed by atoms with Gasteiger partial charge in [-0.05, 0) is 44.9 Å². The third-order valence-electron chi connectivity index (χ3n) is 5.71. The minimum atomic E-state index is -0.720. The van der Waals surface area contributed by atoms with Crippen LogP contribution in [0.3, 0.4) is 0 Å². The molecule has 0 fully saturated rings. The number of rotatable bonds is 3. The first-order chi connectivity index (χ1) is 14.7. The highest BCUT2D eigenvalue weighted by Crippen LogP contribution is 2.36. The van der Waals surface area contributed by atoms with E-state index in [1.54, 1.807) is 11.0 Å². The number of benzene rings is 2. The minimum absolute atomic E-state index is 0.157.